The average Bonchev–Trinajstić information content (AvgIpc) is 2.53. The van der Waals surface area contributed by atoms with Crippen LogP contribution in [0, 0.1) is 6.92 Å². The number of rotatable bonds is 2. The van der Waals surface area contributed by atoms with Crippen molar-refractivity contribution in [2.45, 2.75) is 32.2 Å². The van der Waals surface area contributed by atoms with Crippen LogP contribution in [0.1, 0.15) is 35.2 Å². The maximum atomic E-state index is 12.0. The second-order valence-electron chi connectivity index (χ2n) is 4.34. The SMILES string of the molecule is Cc1cscc1C(=O)NC1CCCCNC1. The molecule has 2 N–H and O–H groups in total. The Morgan fingerprint density at radius 2 is 2.38 bits per heavy atom. The highest BCUT2D eigenvalue weighted by atomic mass is 32.1. The number of aryl methyl sites for hydroxylation is 1. The lowest BCUT2D eigenvalue weighted by molar-refractivity contribution is 0.0935. The molecule has 0 spiro atoms. The Labute approximate surface area is 100 Å². The van der Waals surface area contributed by atoms with Gasteiger partial charge in [0.2, 0.25) is 0 Å². The van der Waals surface area contributed by atoms with Gasteiger partial charge in [-0.3, -0.25) is 4.79 Å². The topological polar surface area (TPSA) is 41.1 Å². The molecule has 2 heterocycles. The quantitative estimate of drug-likeness (QED) is 0.826. The first kappa shape index (κ1) is 11.6. The first-order chi connectivity index (χ1) is 7.77. The minimum absolute atomic E-state index is 0.0763. The van der Waals surface area contributed by atoms with Crippen LogP contribution in [0.4, 0.5) is 0 Å². The normalized spacial score (nSPS) is 21.4. The minimum Gasteiger partial charge on any atom is -0.348 e. The smallest absolute Gasteiger partial charge is 0.252 e. The van der Waals surface area contributed by atoms with Crippen LogP contribution in [0.25, 0.3) is 0 Å². The molecule has 1 aromatic rings. The number of thiophene rings is 1. The second kappa shape index (κ2) is 5.46. The zero-order valence-corrected chi connectivity index (χ0v) is 10.4. The highest BCUT2D eigenvalue weighted by molar-refractivity contribution is 7.08. The molecule has 2 rings (SSSR count). The van der Waals surface area contributed by atoms with Crippen molar-refractivity contribution >= 4 is 17.2 Å². The lowest BCUT2D eigenvalue weighted by Crippen LogP contribution is -2.40. The molecule has 16 heavy (non-hydrogen) atoms. The first-order valence-corrected chi connectivity index (χ1v) is 6.76. The maximum absolute atomic E-state index is 12.0. The monoisotopic (exact) mass is 238 g/mol. The highest BCUT2D eigenvalue weighted by Gasteiger charge is 2.16. The predicted octanol–water partition coefficient (Wildman–Crippen LogP) is 1.93. The van der Waals surface area contributed by atoms with E-state index >= 15 is 0 Å². The summed E-state index contributed by atoms with van der Waals surface area (Å²) in [7, 11) is 0. The van der Waals surface area contributed by atoms with E-state index in [9.17, 15) is 4.79 Å². The summed E-state index contributed by atoms with van der Waals surface area (Å²) in [5, 5.41) is 10.4. The van der Waals surface area contributed by atoms with E-state index < -0.39 is 0 Å². The van der Waals surface area contributed by atoms with Crippen LogP contribution < -0.4 is 10.6 Å². The zero-order chi connectivity index (χ0) is 11.4. The summed E-state index contributed by atoms with van der Waals surface area (Å²) in [5.74, 6) is 0.0763. The molecule has 1 unspecified atom stereocenters. The van der Waals surface area contributed by atoms with Gasteiger partial charge in [-0.2, -0.15) is 11.3 Å². The number of nitrogens with one attached hydrogen (secondary N) is 2. The summed E-state index contributed by atoms with van der Waals surface area (Å²) in [6.45, 7) is 3.95. The fourth-order valence-corrected chi connectivity index (χ4v) is 2.83. The molecule has 1 aliphatic rings. The van der Waals surface area contributed by atoms with E-state index in [1.165, 1.54) is 12.8 Å². The van der Waals surface area contributed by atoms with Gasteiger partial charge in [-0.15, -0.1) is 0 Å². The summed E-state index contributed by atoms with van der Waals surface area (Å²) in [6, 6.07) is 0.286. The molecule has 1 amide bonds. The van der Waals surface area contributed by atoms with Crippen LogP contribution in [0.5, 0.6) is 0 Å². The Hall–Kier alpha value is -0.870. The van der Waals surface area contributed by atoms with Crippen LogP contribution in [-0.4, -0.2) is 25.0 Å². The fraction of sp³-hybridized carbons (Fsp3) is 0.583. The first-order valence-electron chi connectivity index (χ1n) is 5.82. The molecule has 4 heteroatoms. The van der Waals surface area contributed by atoms with Gasteiger partial charge in [-0.25, -0.2) is 0 Å². The van der Waals surface area contributed by atoms with Gasteiger partial charge in [0.25, 0.3) is 5.91 Å². The van der Waals surface area contributed by atoms with Gasteiger partial charge >= 0.3 is 0 Å². The van der Waals surface area contributed by atoms with Crippen molar-refractivity contribution in [3.8, 4) is 0 Å². The van der Waals surface area contributed by atoms with Crippen molar-refractivity contribution in [2.24, 2.45) is 0 Å². The molecule has 1 atom stereocenters. The van der Waals surface area contributed by atoms with Crippen LogP contribution >= 0.6 is 11.3 Å². The summed E-state index contributed by atoms with van der Waals surface area (Å²) >= 11 is 1.58. The molecule has 0 aliphatic carbocycles. The summed E-state index contributed by atoms with van der Waals surface area (Å²) < 4.78 is 0. The average molecular weight is 238 g/mol. The lowest BCUT2D eigenvalue weighted by atomic mass is 10.1. The van der Waals surface area contributed by atoms with Crippen LogP contribution in [0.3, 0.4) is 0 Å². The number of carbonyl (C=O) groups is 1. The van der Waals surface area contributed by atoms with Crippen molar-refractivity contribution in [1.82, 2.24) is 10.6 Å². The van der Waals surface area contributed by atoms with E-state index in [1.807, 2.05) is 17.7 Å². The van der Waals surface area contributed by atoms with Gasteiger partial charge in [0.05, 0.1) is 5.56 Å². The van der Waals surface area contributed by atoms with Crippen LogP contribution in [-0.2, 0) is 0 Å². The minimum atomic E-state index is 0.0763. The Bertz CT molecular complexity index is 354. The van der Waals surface area contributed by atoms with Gasteiger partial charge in [-0.1, -0.05) is 6.42 Å². The Morgan fingerprint density at radius 1 is 1.50 bits per heavy atom. The third-order valence-corrected chi connectivity index (χ3v) is 3.84. The van der Waals surface area contributed by atoms with Crippen molar-refractivity contribution in [1.29, 1.82) is 0 Å². The zero-order valence-electron chi connectivity index (χ0n) is 9.58. The van der Waals surface area contributed by atoms with Crippen molar-refractivity contribution in [3.05, 3.63) is 21.9 Å². The molecule has 88 valence electrons. The highest BCUT2D eigenvalue weighted by Crippen LogP contribution is 2.14. The Kier molecular flexibility index (Phi) is 3.96. The Morgan fingerprint density at radius 3 is 3.12 bits per heavy atom. The van der Waals surface area contributed by atoms with Crippen LogP contribution in [0.15, 0.2) is 10.8 Å². The van der Waals surface area contributed by atoms with Crippen molar-refractivity contribution < 1.29 is 4.79 Å². The molecule has 0 bridgehead atoms. The molecule has 0 radical (unpaired) electrons. The maximum Gasteiger partial charge on any atom is 0.252 e. The van der Waals surface area contributed by atoms with E-state index in [2.05, 4.69) is 10.6 Å². The standard InChI is InChI=1S/C12H18N2OS/c1-9-7-16-8-11(9)12(15)14-10-4-2-3-5-13-6-10/h7-8,10,13H,2-6H2,1H3,(H,14,15). The van der Waals surface area contributed by atoms with Gasteiger partial charge in [0.1, 0.15) is 0 Å². The number of carbonyl (C=O) groups excluding carboxylic acids is 1. The largest absolute Gasteiger partial charge is 0.348 e. The van der Waals surface area contributed by atoms with Crippen LogP contribution in [0.2, 0.25) is 0 Å². The molecule has 1 saturated heterocycles. The lowest BCUT2D eigenvalue weighted by Gasteiger charge is -2.16. The molecular weight excluding hydrogens is 220 g/mol. The predicted molar refractivity (Wildman–Crippen MR) is 67.0 cm³/mol. The van der Waals surface area contributed by atoms with Crippen molar-refractivity contribution in [3.63, 3.8) is 0 Å². The summed E-state index contributed by atoms with van der Waals surface area (Å²) in [4.78, 5) is 12.0. The summed E-state index contributed by atoms with van der Waals surface area (Å²) in [6.07, 6.45) is 3.49. The van der Waals surface area contributed by atoms with Crippen molar-refractivity contribution in [2.75, 3.05) is 13.1 Å². The molecule has 0 aromatic carbocycles. The number of hydrogen-bond acceptors (Lipinski definition) is 3. The molecule has 1 fully saturated rings. The number of amides is 1. The molecule has 0 saturated carbocycles. The van der Waals surface area contributed by atoms with Gasteiger partial charge in [-0.05, 0) is 37.3 Å². The third-order valence-electron chi connectivity index (χ3n) is 2.98. The Balaban J connectivity index is 1.93. The van der Waals surface area contributed by atoms with Gasteiger partial charge < -0.3 is 10.6 Å². The fourth-order valence-electron chi connectivity index (χ4n) is 2.00. The second-order valence-corrected chi connectivity index (χ2v) is 5.08. The van der Waals surface area contributed by atoms with E-state index in [-0.39, 0.29) is 11.9 Å². The molecule has 1 aromatic heterocycles. The van der Waals surface area contributed by atoms with Gasteiger partial charge in [0, 0.05) is 18.0 Å². The number of hydrogen-bond donors (Lipinski definition) is 2. The van der Waals surface area contributed by atoms with E-state index in [0.29, 0.717) is 0 Å². The molecule has 1 aliphatic heterocycles. The van der Waals surface area contributed by atoms with E-state index in [4.69, 9.17) is 0 Å². The molecular formula is C12H18N2OS. The summed E-state index contributed by atoms with van der Waals surface area (Å²) in [5.41, 5.74) is 1.90. The van der Waals surface area contributed by atoms with E-state index in [0.717, 1.165) is 30.6 Å². The van der Waals surface area contributed by atoms with Gasteiger partial charge in [0.15, 0.2) is 0 Å². The van der Waals surface area contributed by atoms with E-state index in [1.54, 1.807) is 11.3 Å². The third kappa shape index (κ3) is 2.83. The molecule has 3 nitrogen and oxygen atoms in total.